The van der Waals surface area contributed by atoms with Crippen molar-refractivity contribution in [3.05, 3.63) is 78.5 Å². The van der Waals surface area contributed by atoms with Gasteiger partial charge >= 0.3 is 5.97 Å². The SMILES string of the molecule is CCC(C)C(NS(=O)(=O)c1cccc2ccccc12)C(=O)NC(Cc1c[nH]c2ccccc12)C(=O)O. The molecule has 0 aliphatic heterocycles. The van der Waals surface area contributed by atoms with Crippen LogP contribution in [0.15, 0.2) is 77.8 Å². The van der Waals surface area contributed by atoms with E-state index >= 15 is 0 Å². The van der Waals surface area contributed by atoms with Crippen LogP contribution in [0, 0.1) is 5.92 Å². The maximum Gasteiger partial charge on any atom is 0.326 e. The molecule has 0 bridgehead atoms. The van der Waals surface area contributed by atoms with Crippen molar-refractivity contribution in [3.63, 3.8) is 0 Å². The number of H-pyrrole nitrogens is 1. The Bertz CT molecular complexity index is 1510. The minimum Gasteiger partial charge on any atom is -0.480 e. The molecular formula is C27H29N3O5S. The van der Waals surface area contributed by atoms with Gasteiger partial charge in [0, 0.05) is 28.9 Å². The highest BCUT2D eigenvalue weighted by Gasteiger charge is 2.33. The Morgan fingerprint density at radius 3 is 2.36 bits per heavy atom. The molecule has 3 aromatic carbocycles. The van der Waals surface area contributed by atoms with Crippen LogP contribution in [0.2, 0.25) is 0 Å². The summed E-state index contributed by atoms with van der Waals surface area (Å²) in [5, 5.41) is 14.6. The highest BCUT2D eigenvalue weighted by molar-refractivity contribution is 7.89. The van der Waals surface area contributed by atoms with Crippen LogP contribution >= 0.6 is 0 Å². The van der Waals surface area contributed by atoms with E-state index < -0.39 is 34.0 Å². The molecule has 1 aromatic heterocycles. The van der Waals surface area contributed by atoms with Crippen LogP contribution in [0.25, 0.3) is 21.7 Å². The van der Waals surface area contributed by atoms with E-state index in [-0.39, 0.29) is 17.2 Å². The second kappa shape index (κ2) is 10.5. The fraction of sp³-hybridized carbons (Fsp3) is 0.259. The predicted octanol–water partition coefficient (Wildman–Crippen LogP) is 3.83. The zero-order valence-corrected chi connectivity index (χ0v) is 20.9. The third kappa shape index (κ3) is 5.27. The number of nitrogens with one attached hydrogen (secondary N) is 3. The average molecular weight is 508 g/mol. The summed E-state index contributed by atoms with van der Waals surface area (Å²) in [6.45, 7) is 3.60. The van der Waals surface area contributed by atoms with Crippen molar-refractivity contribution in [3.8, 4) is 0 Å². The normalized spacial score (nSPS) is 14.4. The van der Waals surface area contributed by atoms with Gasteiger partial charge in [-0.1, -0.05) is 74.9 Å². The number of amides is 1. The van der Waals surface area contributed by atoms with Gasteiger partial charge in [-0.05, 0) is 29.0 Å². The van der Waals surface area contributed by atoms with Gasteiger partial charge in [-0.25, -0.2) is 13.2 Å². The first-order valence-corrected chi connectivity index (χ1v) is 13.3. The van der Waals surface area contributed by atoms with Crippen molar-refractivity contribution in [2.45, 2.75) is 43.7 Å². The Balaban J connectivity index is 1.59. The quantitative estimate of drug-likeness (QED) is 0.259. The number of benzene rings is 3. The van der Waals surface area contributed by atoms with Crippen molar-refractivity contribution in [2.24, 2.45) is 5.92 Å². The summed E-state index contributed by atoms with van der Waals surface area (Å²) in [6.07, 6.45) is 2.28. The number of carbonyl (C=O) groups is 2. The van der Waals surface area contributed by atoms with E-state index in [0.29, 0.717) is 11.8 Å². The van der Waals surface area contributed by atoms with E-state index in [2.05, 4.69) is 15.0 Å². The molecular weight excluding hydrogens is 478 g/mol. The first-order chi connectivity index (χ1) is 17.2. The minimum atomic E-state index is -4.08. The number of hydrogen-bond acceptors (Lipinski definition) is 4. The molecule has 3 unspecified atom stereocenters. The molecule has 0 radical (unpaired) electrons. The highest BCUT2D eigenvalue weighted by atomic mass is 32.2. The molecule has 8 nitrogen and oxygen atoms in total. The number of carboxylic acids is 1. The van der Waals surface area contributed by atoms with Crippen LogP contribution in [0.3, 0.4) is 0 Å². The standard InChI is InChI=1S/C27H29N3O5S/c1-3-17(2)25(30-36(34,35)24-14-8-10-18-9-4-5-12-21(18)24)26(31)29-23(27(32)33)15-19-16-28-22-13-7-6-11-20(19)22/h4-14,16-17,23,25,28,30H,3,15H2,1-2H3,(H,29,31)(H,32,33). The van der Waals surface area contributed by atoms with Gasteiger partial charge in [0.15, 0.2) is 0 Å². The molecule has 1 amide bonds. The largest absolute Gasteiger partial charge is 0.480 e. The monoisotopic (exact) mass is 507 g/mol. The zero-order valence-electron chi connectivity index (χ0n) is 20.1. The summed E-state index contributed by atoms with van der Waals surface area (Å²) < 4.78 is 29.3. The lowest BCUT2D eigenvalue weighted by Crippen LogP contribution is -2.54. The molecule has 9 heteroatoms. The smallest absolute Gasteiger partial charge is 0.326 e. The van der Waals surface area contributed by atoms with Crippen LogP contribution in [-0.2, 0) is 26.0 Å². The molecule has 0 aliphatic rings. The van der Waals surface area contributed by atoms with Crippen LogP contribution in [0.1, 0.15) is 25.8 Å². The molecule has 4 rings (SSSR count). The van der Waals surface area contributed by atoms with Crippen molar-refractivity contribution < 1.29 is 23.1 Å². The minimum absolute atomic E-state index is 0.0500. The Morgan fingerprint density at radius 1 is 0.972 bits per heavy atom. The lowest BCUT2D eigenvalue weighted by Gasteiger charge is -2.25. The number of carbonyl (C=O) groups excluding carboxylic acids is 1. The van der Waals surface area contributed by atoms with Crippen LogP contribution < -0.4 is 10.0 Å². The number of hydrogen-bond donors (Lipinski definition) is 4. The maximum absolute atomic E-state index is 13.4. The van der Waals surface area contributed by atoms with Gasteiger partial charge in [-0.15, -0.1) is 0 Å². The third-order valence-corrected chi connectivity index (χ3v) is 8.03. The molecule has 0 spiro atoms. The van der Waals surface area contributed by atoms with E-state index in [4.69, 9.17) is 0 Å². The summed E-state index contributed by atoms with van der Waals surface area (Å²) in [7, 11) is -4.08. The molecule has 0 aliphatic carbocycles. The summed E-state index contributed by atoms with van der Waals surface area (Å²) in [5.74, 6) is -2.26. The number of carboxylic acid groups (broad SMARTS) is 1. The number of sulfonamides is 1. The number of fused-ring (bicyclic) bond motifs is 2. The Kier molecular flexibility index (Phi) is 7.42. The van der Waals surface area contributed by atoms with Gasteiger partial charge in [0.1, 0.15) is 12.1 Å². The summed E-state index contributed by atoms with van der Waals surface area (Å²) >= 11 is 0. The molecule has 4 N–H and O–H groups in total. The van der Waals surface area contributed by atoms with Gasteiger partial charge in [0.05, 0.1) is 4.90 Å². The molecule has 36 heavy (non-hydrogen) atoms. The van der Waals surface area contributed by atoms with E-state index in [9.17, 15) is 23.1 Å². The van der Waals surface area contributed by atoms with Crippen molar-refractivity contribution >= 4 is 43.6 Å². The van der Waals surface area contributed by atoms with Crippen LogP contribution in [0.4, 0.5) is 0 Å². The second-order valence-electron chi connectivity index (χ2n) is 8.92. The van der Waals surface area contributed by atoms with Gasteiger partial charge in [0.25, 0.3) is 0 Å². The lowest BCUT2D eigenvalue weighted by molar-refractivity contribution is -0.142. The maximum atomic E-state index is 13.4. The number of aromatic nitrogens is 1. The van der Waals surface area contributed by atoms with Crippen molar-refractivity contribution in [1.82, 2.24) is 15.0 Å². The Morgan fingerprint density at radius 2 is 1.64 bits per heavy atom. The summed E-state index contributed by atoms with van der Waals surface area (Å²) in [5.41, 5.74) is 1.61. The first kappa shape index (κ1) is 25.4. The van der Waals surface area contributed by atoms with Gasteiger partial charge < -0.3 is 15.4 Å². The number of aliphatic carboxylic acids is 1. The predicted molar refractivity (Wildman–Crippen MR) is 139 cm³/mol. The first-order valence-electron chi connectivity index (χ1n) is 11.8. The van der Waals surface area contributed by atoms with Crippen LogP contribution in [-0.4, -0.2) is 42.5 Å². The van der Waals surface area contributed by atoms with E-state index in [0.717, 1.165) is 21.9 Å². The number of para-hydroxylation sites is 1. The zero-order chi connectivity index (χ0) is 25.9. The van der Waals surface area contributed by atoms with E-state index in [1.807, 2.05) is 49.4 Å². The Labute approximate surface area is 209 Å². The van der Waals surface area contributed by atoms with Gasteiger partial charge in [-0.3, -0.25) is 4.79 Å². The number of aromatic amines is 1. The molecule has 0 saturated heterocycles. The second-order valence-corrected chi connectivity index (χ2v) is 10.6. The highest BCUT2D eigenvalue weighted by Crippen LogP contribution is 2.24. The Hall–Kier alpha value is -3.69. The molecule has 4 aromatic rings. The van der Waals surface area contributed by atoms with E-state index in [1.165, 1.54) is 6.07 Å². The molecule has 1 heterocycles. The fourth-order valence-electron chi connectivity index (χ4n) is 4.31. The average Bonchev–Trinajstić information content (AvgIpc) is 3.28. The van der Waals surface area contributed by atoms with Crippen molar-refractivity contribution in [2.75, 3.05) is 0 Å². The lowest BCUT2D eigenvalue weighted by atomic mass is 9.98. The topological polar surface area (TPSA) is 128 Å². The van der Waals surface area contributed by atoms with Gasteiger partial charge in [-0.2, -0.15) is 4.72 Å². The third-order valence-electron chi connectivity index (χ3n) is 6.53. The molecule has 0 saturated carbocycles. The van der Waals surface area contributed by atoms with Crippen LogP contribution in [0.5, 0.6) is 0 Å². The molecule has 3 atom stereocenters. The number of rotatable bonds is 10. The summed E-state index contributed by atoms with van der Waals surface area (Å²) in [6, 6.07) is 17.2. The van der Waals surface area contributed by atoms with Crippen molar-refractivity contribution in [1.29, 1.82) is 0 Å². The molecule has 0 fully saturated rings. The van der Waals surface area contributed by atoms with Gasteiger partial charge in [0.2, 0.25) is 15.9 Å². The fourth-order valence-corrected chi connectivity index (χ4v) is 5.84. The van der Waals surface area contributed by atoms with E-state index in [1.54, 1.807) is 31.3 Å². The summed E-state index contributed by atoms with van der Waals surface area (Å²) in [4.78, 5) is 28.5. The molecule has 188 valence electrons.